The monoisotopic (exact) mass is 196 g/mol. The van der Waals surface area contributed by atoms with Crippen LogP contribution in [0.15, 0.2) is 24.4 Å². The molecule has 0 aliphatic heterocycles. The van der Waals surface area contributed by atoms with Gasteiger partial charge in [-0.1, -0.05) is 29.8 Å². The van der Waals surface area contributed by atoms with Gasteiger partial charge in [-0.25, -0.2) is 4.98 Å². The largest absolute Gasteiger partial charge is 0.319 e. The molecule has 0 amide bonds. The molecule has 0 aromatic carbocycles. The van der Waals surface area contributed by atoms with Crippen LogP contribution in [0.2, 0.25) is 5.15 Å². The summed E-state index contributed by atoms with van der Waals surface area (Å²) in [6, 6.07) is 3.83. The fourth-order valence-corrected chi connectivity index (χ4v) is 1.14. The Bertz CT molecular complexity index is 284. The second kappa shape index (κ2) is 5.73. The molecule has 1 heterocycles. The molecule has 1 aromatic rings. The molecule has 0 atom stereocenters. The van der Waals surface area contributed by atoms with Crippen molar-refractivity contribution >= 4 is 17.7 Å². The van der Waals surface area contributed by atoms with Gasteiger partial charge in [0.25, 0.3) is 0 Å². The van der Waals surface area contributed by atoms with Gasteiger partial charge in [0, 0.05) is 11.8 Å². The molecule has 0 unspecified atom stereocenters. The lowest BCUT2D eigenvalue weighted by Crippen LogP contribution is -2.05. The Balaban J connectivity index is 2.53. The SMILES string of the molecule is CNCCC=Cc1cccnc1Cl. The Morgan fingerprint density at radius 2 is 2.46 bits per heavy atom. The first-order valence-corrected chi connectivity index (χ1v) is 4.64. The predicted octanol–water partition coefficient (Wildman–Crippen LogP) is 2.36. The molecule has 0 spiro atoms. The van der Waals surface area contributed by atoms with E-state index in [0.29, 0.717) is 5.15 Å². The summed E-state index contributed by atoms with van der Waals surface area (Å²) in [5.74, 6) is 0. The van der Waals surface area contributed by atoms with Gasteiger partial charge in [-0.05, 0) is 26.1 Å². The van der Waals surface area contributed by atoms with Crippen molar-refractivity contribution in [1.29, 1.82) is 0 Å². The van der Waals surface area contributed by atoms with E-state index in [2.05, 4.69) is 16.4 Å². The van der Waals surface area contributed by atoms with Gasteiger partial charge in [0.1, 0.15) is 5.15 Å². The number of hydrogen-bond acceptors (Lipinski definition) is 2. The molecular formula is C10H13ClN2. The van der Waals surface area contributed by atoms with Gasteiger partial charge in [-0.15, -0.1) is 0 Å². The minimum atomic E-state index is 0.559. The summed E-state index contributed by atoms with van der Waals surface area (Å²) in [7, 11) is 1.94. The maximum atomic E-state index is 5.86. The highest BCUT2D eigenvalue weighted by atomic mass is 35.5. The van der Waals surface area contributed by atoms with Crippen LogP contribution in [-0.2, 0) is 0 Å². The number of pyridine rings is 1. The van der Waals surface area contributed by atoms with Crippen LogP contribution >= 0.6 is 11.6 Å². The molecule has 0 saturated carbocycles. The molecule has 0 fully saturated rings. The Morgan fingerprint density at radius 1 is 1.62 bits per heavy atom. The van der Waals surface area contributed by atoms with Crippen molar-refractivity contribution < 1.29 is 0 Å². The molecule has 0 saturated heterocycles. The van der Waals surface area contributed by atoms with Gasteiger partial charge in [0.15, 0.2) is 0 Å². The molecule has 13 heavy (non-hydrogen) atoms. The van der Waals surface area contributed by atoms with E-state index in [1.54, 1.807) is 6.20 Å². The van der Waals surface area contributed by atoms with E-state index in [0.717, 1.165) is 18.5 Å². The predicted molar refractivity (Wildman–Crippen MR) is 56.8 cm³/mol. The van der Waals surface area contributed by atoms with Gasteiger partial charge >= 0.3 is 0 Å². The summed E-state index contributed by atoms with van der Waals surface area (Å²) in [4.78, 5) is 3.98. The number of halogens is 1. The van der Waals surface area contributed by atoms with E-state index >= 15 is 0 Å². The highest BCUT2D eigenvalue weighted by Crippen LogP contribution is 2.12. The van der Waals surface area contributed by atoms with Crippen LogP contribution in [0.5, 0.6) is 0 Å². The van der Waals surface area contributed by atoms with Gasteiger partial charge in [0.05, 0.1) is 0 Å². The molecule has 1 N–H and O–H groups in total. The highest BCUT2D eigenvalue weighted by molar-refractivity contribution is 6.30. The third kappa shape index (κ3) is 3.57. The summed E-state index contributed by atoms with van der Waals surface area (Å²) in [6.45, 7) is 0.981. The zero-order valence-electron chi connectivity index (χ0n) is 7.63. The van der Waals surface area contributed by atoms with Crippen molar-refractivity contribution in [2.24, 2.45) is 0 Å². The Hall–Kier alpha value is -0.860. The van der Waals surface area contributed by atoms with Gasteiger partial charge < -0.3 is 5.32 Å². The maximum Gasteiger partial charge on any atom is 0.136 e. The third-order valence-corrected chi connectivity index (χ3v) is 1.96. The number of nitrogens with one attached hydrogen (secondary N) is 1. The second-order valence-electron chi connectivity index (χ2n) is 2.68. The van der Waals surface area contributed by atoms with Crippen LogP contribution in [0.1, 0.15) is 12.0 Å². The molecule has 1 aromatic heterocycles. The Labute approximate surface area is 83.6 Å². The summed E-state index contributed by atoms with van der Waals surface area (Å²) >= 11 is 5.86. The molecule has 0 aliphatic rings. The lowest BCUT2D eigenvalue weighted by Gasteiger charge is -1.95. The fourth-order valence-electron chi connectivity index (χ4n) is 0.961. The molecule has 1 rings (SSSR count). The zero-order chi connectivity index (χ0) is 9.52. The molecular weight excluding hydrogens is 184 g/mol. The van der Waals surface area contributed by atoms with Gasteiger partial charge in [0.2, 0.25) is 0 Å². The van der Waals surface area contributed by atoms with Crippen molar-refractivity contribution in [3.05, 3.63) is 35.1 Å². The normalized spacial score (nSPS) is 10.9. The topological polar surface area (TPSA) is 24.9 Å². The Morgan fingerprint density at radius 3 is 3.15 bits per heavy atom. The first kappa shape index (κ1) is 10.2. The summed E-state index contributed by atoms with van der Waals surface area (Å²) in [5, 5.41) is 3.63. The number of aromatic nitrogens is 1. The van der Waals surface area contributed by atoms with E-state index in [1.807, 2.05) is 25.3 Å². The van der Waals surface area contributed by atoms with Crippen LogP contribution in [0, 0.1) is 0 Å². The van der Waals surface area contributed by atoms with Crippen molar-refractivity contribution in [2.75, 3.05) is 13.6 Å². The van der Waals surface area contributed by atoms with E-state index in [9.17, 15) is 0 Å². The molecule has 2 nitrogen and oxygen atoms in total. The van der Waals surface area contributed by atoms with Crippen molar-refractivity contribution in [1.82, 2.24) is 10.3 Å². The smallest absolute Gasteiger partial charge is 0.136 e. The van der Waals surface area contributed by atoms with Crippen LogP contribution in [-0.4, -0.2) is 18.6 Å². The standard InChI is InChI=1S/C10H13ClN2/c1-12-7-3-2-5-9-6-4-8-13-10(9)11/h2,4-6,8,12H,3,7H2,1H3. The van der Waals surface area contributed by atoms with Crippen LogP contribution < -0.4 is 5.32 Å². The lowest BCUT2D eigenvalue weighted by molar-refractivity contribution is 0.809. The van der Waals surface area contributed by atoms with E-state index in [1.165, 1.54) is 0 Å². The minimum absolute atomic E-state index is 0.559. The second-order valence-corrected chi connectivity index (χ2v) is 3.04. The summed E-state index contributed by atoms with van der Waals surface area (Å²) in [6.07, 6.45) is 6.76. The van der Waals surface area contributed by atoms with Crippen molar-refractivity contribution in [3.8, 4) is 0 Å². The van der Waals surface area contributed by atoms with Crippen molar-refractivity contribution in [2.45, 2.75) is 6.42 Å². The minimum Gasteiger partial charge on any atom is -0.319 e. The zero-order valence-corrected chi connectivity index (χ0v) is 8.38. The fraction of sp³-hybridized carbons (Fsp3) is 0.300. The third-order valence-electron chi connectivity index (χ3n) is 1.65. The molecule has 0 aliphatic carbocycles. The maximum absolute atomic E-state index is 5.86. The van der Waals surface area contributed by atoms with Crippen LogP contribution in [0.4, 0.5) is 0 Å². The van der Waals surface area contributed by atoms with Crippen LogP contribution in [0.25, 0.3) is 6.08 Å². The van der Waals surface area contributed by atoms with Crippen LogP contribution in [0.3, 0.4) is 0 Å². The van der Waals surface area contributed by atoms with E-state index in [4.69, 9.17) is 11.6 Å². The quantitative estimate of drug-likeness (QED) is 0.591. The molecule has 3 heteroatoms. The molecule has 0 radical (unpaired) electrons. The number of nitrogens with zero attached hydrogens (tertiary/aromatic N) is 1. The molecule has 0 bridgehead atoms. The van der Waals surface area contributed by atoms with E-state index in [-0.39, 0.29) is 0 Å². The first-order chi connectivity index (χ1) is 6.34. The lowest BCUT2D eigenvalue weighted by atomic mass is 10.2. The van der Waals surface area contributed by atoms with E-state index < -0.39 is 0 Å². The Kier molecular flexibility index (Phi) is 4.50. The summed E-state index contributed by atoms with van der Waals surface area (Å²) in [5.41, 5.74) is 0.972. The number of rotatable bonds is 4. The average molecular weight is 197 g/mol. The van der Waals surface area contributed by atoms with Gasteiger partial charge in [-0.2, -0.15) is 0 Å². The first-order valence-electron chi connectivity index (χ1n) is 4.26. The molecule has 70 valence electrons. The van der Waals surface area contributed by atoms with Gasteiger partial charge in [-0.3, -0.25) is 0 Å². The highest BCUT2D eigenvalue weighted by Gasteiger charge is 1.93. The average Bonchev–Trinajstić information content (AvgIpc) is 2.15. The van der Waals surface area contributed by atoms with Crippen molar-refractivity contribution in [3.63, 3.8) is 0 Å². The number of hydrogen-bond donors (Lipinski definition) is 1. The summed E-state index contributed by atoms with van der Waals surface area (Å²) < 4.78 is 0.